The average Bonchev–Trinajstić information content (AvgIpc) is 3.25. The van der Waals surface area contributed by atoms with Gasteiger partial charge in [-0.2, -0.15) is 5.10 Å². The van der Waals surface area contributed by atoms with Gasteiger partial charge in [0.25, 0.3) is 5.91 Å². The van der Waals surface area contributed by atoms with Crippen LogP contribution in [0.1, 0.15) is 40.1 Å². The van der Waals surface area contributed by atoms with Crippen molar-refractivity contribution in [3.8, 4) is 5.69 Å². The first-order chi connectivity index (χ1) is 15.2. The van der Waals surface area contributed by atoms with Crippen molar-refractivity contribution < 1.29 is 9.53 Å². The summed E-state index contributed by atoms with van der Waals surface area (Å²) in [6.07, 6.45) is 2.41. The topological polar surface area (TPSA) is 59.4 Å². The van der Waals surface area contributed by atoms with Crippen LogP contribution in [0.25, 0.3) is 5.69 Å². The number of carbonyl (C=O) groups excluding carboxylic acids is 1. The number of aromatic nitrogens is 2. The molecule has 6 nitrogen and oxygen atoms in total. The quantitative estimate of drug-likeness (QED) is 0.638. The minimum atomic E-state index is -0.0793. The summed E-state index contributed by atoms with van der Waals surface area (Å²) in [5, 5.41) is 7.68. The summed E-state index contributed by atoms with van der Waals surface area (Å²) in [5.41, 5.74) is 4.93. The van der Waals surface area contributed by atoms with Gasteiger partial charge in [0.15, 0.2) is 0 Å². The Balaban J connectivity index is 1.52. The molecule has 162 valence electrons. The van der Waals surface area contributed by atoms with Gasteiger partial charge in [-0.15, -0.1) is 0 Å². The Bertz CT molecular complexity index is 992. The zero-order valence-electron chi connectivity index (χ0n) is 18.3. The number of rotatable bonds is 7. The van der Waals surface area contributed by atoms with E-state index in [4.69, 9.17) is 4.74 Å². The van der Waals surface area contributed by atoms with Gasteiger partial charge in [0.05, 0.1) is 42.4 Å². The SMILES string of the molecule is CCc1c(C(=O)NCC(c2ccccc2)N2CCOCC2)cnn1-c1ccc(C)cc1. The Kier molecular flexibility index (Phi) is 6.79. The molecule has 1 aromatic heterocycles. The lowest BCUT2D eigenvalue weighted by molar-refractivity contribution is 0.0162. The summed E-state index contributed by atoms with van der Waals surface area (Å²) in [7, 11) is 0. The zero-order chi connectivity index (χ0) is 21.6. The third kappa shape index (κ3) is 4.86. The predicted octanol–water partition coefficient (Wildman–Crippen LogP) is 3.55. The van der Waals surface area contributed by atoms with E-state index in [1.165, 1.54) is 11.1 Å². The number of ether oxygens (including phenoxy) is 1. The molecule has 1 aliphatic heterocycles. The lowest BCUT2D eigenvalue weighted by Crippen LogP contribution is -2.43. The Morgan fingerprint density at radius 1 is 1.10 bits per heavy atom. The standard InChI is InChI=1S/C25H30N4O2/c1-3-23-22(17-27-29(23)21-11-9-19(2)10-12-21)25(30)26-18-24(20-7-5-4-6-8-20)28-13-15-31-16-14-28/h4-12,17,24H,3,13-16,18H2,1-2H3,(H,26,30). The molecule has 2 heterocycles. The molecule has 0 spiro atoms. The molecule has 1 atom stereocenters. The second-order valence-electron chi connectivity index (χ2n) is 7.89. The molecule has 0 aliphatic carbocycles. The van der Waals surface area contributed by atoms with Gasteiger partial charge >= 0.3 is 0 Å². The number of hydrogen-bond donors (Lipinski definition) is 1. The van der Waals surface area contributed by atoms with Crippen LogP contribution in [0.4, 0.5) is 0 Å². The van der Waals surface area contributed by atoms with Crippen molar-refractivity contribution in [2.45, 2.75) is 26.3 Å². The molecule has 0 saturated carbocycles. The second kappa shape index (κ2) is 9.90. The third-order valence-corrected chi connectivity index (χ3v) is 5.85. The van der Waals surface area contributed by atoms with Gasteiger partial charge in [0, 0.05) is 19.6 Å². The highest BCUT2D eigenvalue weighted by atomic mass is 16.5. The van der Waals surface area contributed by atoms with Gasteiger partial charge in [-0.25, -0.2) is 4.68 Å². The van der Waals surface area contributed by atoms with Crippen molar-refractivity contribution in [2.24, 2.45) is 0 Å². The predicted molar refractivity (Wildman–Crippen MR) is 122 cm³/mol. The van der Waals surface area contributed by atoms with Crippen LogP contribution < -0.4 is 5.32 Å². The van der Waals surface area contributed by atoms with Crippen molar-refractivity contribution in [1.82, 2.24) is 20.0 Å². The fourth-order valence-corrected chi connectivity index (χ4v) is 4.12. The molecule has 2 aromatic carbocycles. The third-order valence-electron chi connectivity index (χ3n) is 5.85. The van der Waals surface area contributed by atoms with Gasteiger partial charge in [-0.05, 0) is 31.0 Å². The van der Waals surface area contributed by atoms with Crippen molar-refractivity contribution in [1.29, 1.82) is 0 Å². The van der Waals surface area contributed by atoms with E-state index in [0.29, 0.717) is 12.1 Å². The molecule has 1 saturated heterocycles. The van der Waals surface area contributed by atoms with Crippen LogP contribution >= 0.6 is 0 Å². The van der Waals surface area contributed by atoms with Crippen LogP contribution in [-0.2, 0) is 11.2 Å². The van der Waals surface area contributed by atoms with Crippen LogP contribution in [-0.4, -0.2) is 53.4 Å². The molecule has 0 bridgehead atoms. The maximum absolute atomic E-state index is 13.1. The first-order valence-electron chi connectivity index (χ1n) is 11.0. The molecule has 1 amide bonds. The van der Waals surface area contributed by atoms with E-state index in [-0.39, 0.29) is 11.9 Å². The molecule has 6 heteroatoms. The number of aryl methyl sites for hydroxylation is 1. The highest BCUT2D eigenvalue weighted by Gasteiger charge is 2.24. The van der Waals surface area contributed by atoms with Crippen molar-refractivity contribution in [2.75, 3.05) is 32.8 Å². The lowest BCUT2D eigenvalue weighted by atomic mass is 10.0. The molecule has 0 radical (unpaired) electrons. The molecule has 4 rings (SSSR count). The van der Waals surface area contributed by atoms with E-state index < -0.39 is 0 Å². The van der Waals surface area contributed by atoms with Gasteiger partial charge in [-0.1, -0.05) is 55.0 Å². The largest absolute Gasteiger partial charge is 0.379 e. The highest BCUT2D eigenvalue weighted by Crippen LogP contribution is 2.22. The van der Waals surface area contributed by atoms with E-state index in [2.05, 4.69) is 53.4 Å². The van der Waals surface area contributed by atoms with E-state index >= 15 is 0 Å². The van der Waals surface area contributed by atoms with Gasteiger partial charge in [0.1, 0.15) is 0 Å². The van der Waals surface area contributed by atoms with E-state index in [9.17, 15) is 4.79 Å². The zero-order valence-corrected chi connectivity index (χ0v) is 18.3. The van der Waals surface area contributed by atoms with E-state index in [1.807, 2.05) is 35.0 Å². The average molecular weight is 419 g/mol. The van der Waals surface area contributed by atoms with Gasteiger partial charge in [-0.3, -0.25) is 9.69 Å². The lowest BCUT2D eigenvalue weighted by Gasteiger charge is -2.35. The summed E-state index contributed by atoms with van der Waals surface area (Å²) in [5.74, 6) is -0.0793. The summed E-state index contributed by atoms with van der Waals surface area (Å²) in [6.45, 7) is 7.83. The number of morpholine rings is 1. The van der Waals surface area contributed by atoms with Crippen LogP contribution in [0, 0.1) is 6.92 Å². The number of carbonyl (C=O) groups is 1. The van der Waals surface area contributed by atoms with Crippen LogP contribution in [0.3, 0.4) is 0 Å². The molecule has 1 aliphatic rings. The Hall–Kier alpha value is -2.96. The highest BCUT2D eigenvalue weighted by molar-refractivity contribution is 5.95. The fraction of sp³-hybridized carbons (Fsp3) is 0.360. The number of amides is 1. The van der Waals surface area contributed by atoms with Crippen LogP contribution in [0.5, 0.6) is 0 Å². The minimum Gasteiger partial charge on any atom is -0.379 e. The molecular formula is C25H30N4O2. The number of benzene rings is 2. The normalized spacial score (nSPS) is 15.5. The van der Waals surface area contributed by atoms with Crippen molar-refractivity contribution in [3.63, 3.8) is 0 Å². The number of hydrogen-bond acceptors (Lipinski definition) is 4. The summed E-state index contributed by atoms with van der Waals surface area (Å²) in [6, 6.07) is 18.7. The minimum absolute atomic E-state index is 0.0793. The fourth-order valence-electron chi connectivity index (χ4n) is 4.12. The van der Waals surface area contributed by atoms with E-state index in [0.717, 1.165) is 44.1 Å². The molecular weight excluding hydrogens is 388 g/mol. The maximum Gasteiger partial charge on any atom is 0.254 e. The van der Waals surface area contributed by atoms with Crippen molar-refractivity contribution >= 4 is 5.91 Å². The molecule has 1 fully saturated rings. The first-order valence-corrected chi connectivity index (χ1v) is 11.0. The summed E-state index contributed by atoms with van der Waals surface area (Å²) in [4.78, 5) is 15.5. The second-order valence-corrected chi connectivity index (χ2v) is 7.89. The van der Waals surface area contributed by atoms with Gasteiger partial charge < -0.3 is 10.1 Å². The van der Waals surface area contributed by atoms with Crippen LogP contribution in [0.2, 0.25) is 0 Å². The number of nitrogens with one attached hydrogen (secondary N) is 1. The maximum atomic E-state index is 13.1. The summed E-state index contributed by atoms with van der Waals surface area (Å²) < 4.78 is 7.39. The molecule has 31 heavy (non-hydrogen) atoms. The van der Waals surface area contributed by atoms with Crippen LogP contribution in [0.15, 0.2) is 60.8 Å². The molecule has 1 unspecified atom stereocenters. The van der Waals surface area contributed by atoms with Crippen molar-refractivity contribution in [3.05, 3.63) is 83.2 Å². The number of nitrogens with zero attached hydrogens (tertiary/aromatic N) is 3. The Morgan fingerprint density at radius 2 is 1.81 bits per heavy atom. The first kappa shape index (κ1) is 21.3. The molecule has 1 N–H and O–H groups in total. The smallest absolute Gasteiger partial charge is 0.254 e. The van der Waals surface area contributed by atoms with Gasteiger partial charge in [0.2, 0.25) is 0 Å². The Labute approximate surface area is 183 Å². The molecule has 3 aromatic rings. The Morgan fingerprint density at radius 3 is 2.48 bits per heavy atom. The monoisotopic (exact) mass is 418 g/mol. The summed E-state index contributed by atoms with van der Waals surface area (Å²) >= 11 is 0. The van der Waals surface area contributed by atoms with E-state index in [1.54, 1.807) is 6.20 Å².